The Morgan fingerprint density at radius 3 is 2.33 bits per heavy atom. The van der Waals surface area contributed by atoms with Gasteiger partial charge in [-0.1, -0.05) is 18.2 Å². The standard InChI is InChI=1S/C14H11F3N2O2/c15-14(16,17)11-6-4-10(5-7-11)9-18-12-2-1-3-13(8-12)19(20)21/h1-8,18H,9H2. The van der Waals surface area contributed by atoms with Crippen LogP contribution in [0.2, 0.25) is 0 Å². The van der Waals surface area contributed by atoms with Gasteiger partial charge in [-0.05, 0) is 23.8 Å². The van der Waals surface area contributed by atoms with E-state index in [2.05, 4.69) is 5.32 Å². The van der Waals surface area contributed by atoms with Crippen LogP contribution in [0.1, 0.15) is 11.1 Å². The Morgan fingerprint density at radius 2 is 1.76 bits per heavy atom. The zero-order valence-corrected chi connectivity index (χ0v) is 10.7. The predicted molar refractivity (Wildman–Crippen MR) is 71.9 cm³/mol. The van der Waals surface area contributed by atoms with Crippen LogP contribution in [0, 0.1) is 10.1 Å². The van der Waals surface area contributed by atoms with Crippen LogP contribution < -0.4 is 5.32 Å². The van der Waals surface area contributed by atoms with E-state index in [0.29, 0.717) is 11.3 Å². The monoisotopic (exact) mass is 296 g/mol. The smallest absolute Gasteiger partial charge is 0.381 e. The van der Waals surface area contributed by atoms with E-state index >= 15 is 0 Å². The Kier molecular flexibility index (Phi) is 4.11. The van der Waals surface area contributed by atoms with Crippen LogP contribution in [0.25, 0.3) is 0 Å². The van der Waals surface area contributed by atoms with Gasteiger partial charge in [0.15, 0.2) is 0 Å². The summed E-state index contributed by atoms with van der Waals surface area (Å²) in [4.78, 5) is 10.1. The van der Waals surface area contributed by atoms with Crippen LogP contribution in [-0.2, 0) is 12.7 Å². The van der Waals surface area contributed by atoms with E-state index in [1.54, 1.807) is 6.07 Å². The van der Waals surface area contributed by atoms with Crippen molar-refractivity contribution >= 4 is 11.4 Å². The van der Waals surface area contributed by atoms with Crippen molar-refractivity contribution in [3.8, 4) is 0 Å². The highest BCUT2D eigenvalue weighted by atomic mass is 19.4. The molecule has 0 unspecified atom stereocenters. The van der Waals surface area contributed by atoms with Gasteiger partial charge in [-0.25, -0.2) is 0 Å². The lowest BCUT2D eigenvalue weighted by Gasteiger charge is -2.09. The molecule has 0 aliphatic heterocycles. The number of anilines is 1. The van der Waals surface area contributed by atoms with Crippen LogP contribution in [-0.4, -0.2) is 4.92 Å². The summed E-state index contributed by atoms with van der Waals surface area (Å²) in [6, 6.07) is 10.7. The minimum atomic E-state index is -4.36. The molecule has 0 aliphatic rings. The number of alkyl halides is 3. The number of hydrogen-bond donors (Lipinski definition) is 1. The molecule has 2 aromatic rings. The molecule has 7 heteroatoms. The number of nitrogens with one attached hydrogen (secondary N) is 1. The molecular weight excluding hydrogens is 285 g/mol. The quantitative estimate of drug-likeness (QED) is 0.678. The second-order valence-corrected chi connectivity index (χ2v) is 4.36. The van der Waals surface area contributed by atoms with Crippen molar-refractivity contribution in [1.82, 2.24) is 0 Å². The first kappa shape index (κ1) is 14.8. The fourth-order valence-electron chi connectivity index (χ4n) is 1.75. The molecular formula is C14H11F3N2O2. The Morgan fingerprint density at radius 1 is 1.10 bits per heavy atom. The first-order valence-electron chi connectivity index (χ1n) is 6.01. The van der Waals surface area contributed by atoms with Gasteiger partial charge in [0.1, 0.15) is 0 Å². The lowest BCUT2D eigenvalue weighted by Crippen LogP contribution is -2.05. The van der Waals surface area contributed by atoms with Crippen molar-refractivity contribution in [2.24, 2.45) is 0 Å². The molecule has 1 N–H and O–H groups in total. The third-order valence-corrected chi connectivity index (χ3v) is 2.83. The lowest BCUT2D eigenvalue weighted by molar-refractivity contribution is -0.384. The fraction of sp³-hybridized carbons (Fsp3) is 0.143. The third kappa shape index (κ3) is 3.95. The number of halogens is 3. The normalized spacial score (nSPS) is 11.2. The summed E-state index contributed by atoms with van der Waals surface area (Å²) in [5.74, 6) is 0. The predicted octanol–water partition coefficient (Wildman–Crippen LogP) is 4.23. The zero-order valence-electron chi connectivity index (χ0n) is 10.7. The molecule has 0 aliphatic carbocycles. The first-order chi connectivity index (χ1) is 9.86. The number of nitrogens with zero attached hydrogens (tertiary/aromatic N) is 1. The summed E-state index contributed by atoms with van der Waals surface area (Å²) in [5.41, 5.74) is 0.424. The number of non-ortho nitro benzene ring substituents is 1. The lowest BCUT2D eigenvalue weighted by atomic mass is 10.1. The largest absolute Gasteiger partial charge is 0.416 e. The molecule has 21 heavy (non-hydrogen) atoms. The SMILES string of the molecule is O=[N+]([O-])c1cccc(NCc2ccc(C(F)(F)F)cc2)c1. The maximum absolute atomic E-state index is 12.4. The van der Waals surface area contributed by atoms with E-state index in [4.69, 9.17) is 0 Å². The van der Waals surface area contributed by atoms with Gasteiger partial charge < -0.3 is 5.32 Å². The van der Waals surface area contributed by atoms with Gasteiger partial charge in [-0.15, -0.1) is 0 Å². The molecule has 0 amide bonds. The van der Waals surface area contributed by atoms with Crippen molar-refractivity contribution < 1.29 is 18.1 Å². The summed E-state index contributed by atoms with van der Waals surface area (Å²) in [6.45, 7) is 0.277. The first-order valence-corrected chi connectivity index (χ1v) is 6.01. The van der Waals surface area contributed by atoms with Gasteiger partial charge in [0, 0.05) is 24.4 Å². The minimum Gasteiger partial charge on any atom is -0.381 e. The molecule has 0 saturated heterocycles. The molecule has 0 spiro atoms. The second kappa shape index (κ2) is 5.82. The van der Waals surface area contributed by atoms with Gasteiger partial charge in [-0.3, -0.25) is 10.1 Å². The second-order valence-electron chi connectivity index (χ2n) is 4.36. The van der Waals surface area contributed by atoms with Gasteiger partial charge in [0.2, 0.25) is 0 Å². The van der Waals surface area contributed by atoms with Crippen LogP contribution >= 0.6 is 0 Å². The van der Waals surface area contributed by atoms with Crippen molar-refractivity contribution in [1.29, 1.82) is 0 Å². The van der Waals surface area contributed by atoms with Crippen molar-refractivity contribution in [2.75, 3.05) is 5.32 Å². The fourth-order valence-corrected chi connectivity index (χ4v) is 1.75. The summed E-state index contributed by atoms with van der Waals surface area (Å²) in [5, 5.41) is 13.6. The van der Waals surface area contributed by atoms with Crippen molar-refractivity contribution in [2.45, 2.75) is 12.7 Å². The molecule has 110 valence electrons. The van der Waals surface area contributed by atoms with E-state index in [1.807, 2.05) is 0 Å². The average Bonchev–Trinajstić information content (AvgIpc) is 2.45. The molecule has 0 radical (unpaired) electrons. The highest BCUT2D eigenvalue weighted by Gasteiger charge is 2.29. The topological polar surface area (TPSA) is 55.2 Å². The number of rotatable bonds is 4. The number of benzene rings is 2. The van der Waals surface area contributed by atoms with Crippen LogP contribution in [0.15, 0.2) is 48.5 Å². The molecule has 2 aromatic carbocycles. The van der Waals surface area contributed by atoms with Crippen molar-refractivity contribution in [3.63, 3.8) is 0 Å². The highest BCUT2D eigenvalue weighted by molar-refractivity contribution is 5.51. The van der Waals surface area contributed by atoms with Crippen LogP contribution in [0.4, 0.5) is 24.5 Å². The van der Waals surface area contributed by atoms with Crippen LogP contribution in [0.3, 0.4) is 0 Å². The van der Waals surface area contributed by atoms with E-state index in [-0.39, 0.29) is 12.2 Å². The molecule has 0 aromatic heterocycles. The minimum absolute atomic E-state index is 0.0487. The van der Waals surface area contributed by atoms with Crippen LogP contribution in [0.5, 0.6) is 0 Å². The summed E-state index contributed by atoms with van der Waals surface area (Å²) >= 11 is 0. The highest BCUT2D eigenvalue weighted by Crippen LogP contribution is 2.29. The molecule has 2 rings (SSSR count). The van der Waals surface area contributed by atoms with Gasteiger partial charge >= 0.3 is 6.18 Å². The molecule has 0 fully saturated rings. The van der Waals surface area contributed by atoms with Gasteiger partial charge in [-0.2, -0.15) is 13.2 Å². The molecule has 0 heterocycles. The van der Waals surface area contributed by atoms with Crippen molar-refractivity contribution in [3.05, 3.63) is 69.8 Å². The van der Waals surface area contributed by atoms with Gasteiger partial charge in [0.25, 0.3) is 5.69 Å². The molecule has 0 atom stereocenters. The Labute approximate surface area is 118 Å². The maximum atomic E-state index is 12.4. The van der Waals surface area contributed by atoms with E-state index < -0.39 is 16.7 Å². The van der Waals surface area contributed by atoms with E-state index in [9.17, 15) is 23.3 Å². The summed E-state index contributed by atoms with van der Waals surface area (Å²) < 4.78 is 37.2. The zero-order chi connectivity index (χ0) is 15.5. The number of nitro groups is 1. The number of nitro benzene ring substituents is 1. The molecule has 4 nitrogen and oxygen atoms in total. The Balaban J connectivity index is 2.03. The molecule has 0 saturated carbocycles. The third-order valence-electron chi connectivity index (χ3n) is 2.83. The summed E-state index contributed by atoms with van der Waals surface area (Å²) in [6.07, 6.45) is -4.36. The van der Waals surface area contributed by atoms with Gasteiger partial charge in [0.05, 0.1) is 10.5 Å². The Bertz CT molecular complexity index is 639. The molecule has 0 bridgehead atoms. The summed E-state index contributed by atoms with van der Waals surface area (Å²) in [7, 11) is 0. The number of hydrogen-bond acceptors (Lipinski definition) is 3. The maximum Gasteiger partial charge on any atom is 0.416 e. The van der Waals surface area contributed by atoms with E-state index in [0.717, 1.165) is 12.1 Å². The van der Waals surface area contributed by atoms with E-state index in [1.165, 1.54) is 30.3 Å². The average molecular weight is 296 g/mol. The Hall–Kier alpha value is -2.57.